The summed E-state index contributed by atoms with van der Waals surface area (Å²) in [5, 5.41) is 0. The molecule has 0 aromatic rings. The first-order chi connectivity index (χ1) is 14.0. The van der Waals surface area contributed by atoms with Crippen LogP contribution in [0.1, 0.15) is 93.4 Å². The van der Waals surface area contributed by atoms with Gasteiger partial charge in [-0.25, -0.2) is 0 Å². The molecule has 1 saturated heterocycles. The van der Waals surface area contributed by atoms with Crippen LogP contribution in [0.2, 0.25) is 0 Å². The van der Waals surface area contributed by atoms with Gasteiger partial charge in [-0.1, -0.05) is 48.5 Å². The quantitative estimate of drug-likeness (QED) is 0.218. The van der Waals surface area contributed by atoms with Gasteiger partial charge < -0.3 is 18.0 Å². The summed E-state index contributed by atoms with van der Waals surface area (Å²) in [6.07, 6.45) is 4.71. The van der Waals surface area contributed by atoms with Crippen LogP contribution in [-0.2, 0) is 32.2 Å². The highest BCUT2D eigenvalue weighted by Gasteiger charge is 2.53. The van der Waals surface area contributed by atoms with Crippen LogP contribution in [0.5, 0.6) is 0 Å². The molecular formula is C21H44O7Si. The molecule has 0 saturated carbocycles. The van der Waals surface area contributed by atoms with Gasteiger partial charge in [-0.2, -0.15) is 0 Å². The molecule has 7 nitrogen and oxygen atoms in total. The summed E-state index contributed by atoms with van der Waals surface area (Å²) < 4.78 is 43.0. The smallest absolute Gasteiger partial charge is 0.372 e. The standard InChI is InChI=1S/C21H44O7Si/c1-8-15-22-29(23-16-9-2,24-17-10-3)20(13-6)25-18(11-4)26-21(14-7)27-19(12-5)28-21/h18-20H,8-17H2,1-7H3. The maximum absolute atomic E-state index is 6.41. The van der Waals surface area contributed by atoms with E-state index in [1.54, 1.807) is 0 Å². The summed E-state index contributed by atoms with van der Waals surface area (Å²) in [6.45, 7) is 16.1. The maximum atomic E-state index is 6.41. The van der Waals surface area contributed by atoms with Gasteiger partial charge in [0.15, 0.2) is 12.6 Å². The Kier molecular flexibility index (Phi) is 13.1. The number of ether oxygens (including phenoxy) is 4. The van der Waals surface area contributed by atoms with E-state index in [0.717, 1.165) is 25.7 Å². The Hall–Kier alpha value is -0.0631. The number of hydrogen-bond acceptors (Lipinski definition) is 7. The summed E-state index contributed by atoms with van der Waals surface area (Å²) >= 11 is 0. The summed E-state index contributed by atoms with van der Waals surface area (Å²) in [4.78, 5) is 0. The van der Waals surface area contributed by atoms with Crippen LogP contribution < -0.4 is 0 Å². The van der Waals surface area contributed by atoms with Crippen LogP contribution in [0.25, 0.3) is 0 Å². The highest BCUT2D eigenvalue weighted by Crippen LogP contribution is 2.37. The van der Waals surface area contributed by atoms with Crippen molar-refractivity contribution in [3.63, 3.8) is 0 Å². The summed E-state index contributed by atoms with van der Waals surface area (Å²) in [6, 6.07) is 0. The van der Waals surface area contributed by atoms with Crippen molar-refractivity contribution in [2.24, 2.45) is 0 Å². The van der Waals surface area contributed by atoms with Crippen LogP contribution in [0, 0.1) is 0 Å². The van der Waals surface area contributed by atoms with E-state index in [1.165, 1.54) is 0 Å². The Morgan fingerprint density at radius 3 is 1.66 bits per heavy atom. The van der Waals surface area contributed by atoms with Crippen LogP contribution in [0.3, 0.4) is 0 Å². The van der Waals surface area contributed by atoms with Crippen molar-refractivity contribution in [1.29, 1.82) is 0 Å². The first kappa shape index (κ1) is 27.0. The Labute approximate surface area is 179 Å². The minimum absolute atomic E-state index is 0.212. The molecule has 0 amide bonds. The Morgan fingerprint density at radius 1 is 0.793 bits per heavy atom. The van der Waals surface area contributed by atoms with Gasteiger partial charge in [-0.15, -0.1) is 0 Å². The van der Waals surface area contributed by atoms with Crippen LogP contribution >= 0.6 is 0 Å². The van der Waals surface area contributed by atoms with Gasteiger partial charge in [0.05, 0.1) is 0 Å². The lowest BCUT2D eigenvalue weighted by molar-refractivity contribution is -0.559. The van der Waals surface area contributed by atoms with Crippen molar-refractivity contribution in [2.45, 2.75) is 118 Å². The van der Waals surface area contributed by atoms with Gasteiger partial charge in [0.25, 0.3) is 5.97 Å². The second-order valence-electron chi connectivity index (χ2n) is 7.25. The lowest BCUT2D eigenvalue weighted by atomic mass is 10.3. The molecule has 0 radical (unpaired) electrons. The fourth-order valence-electron chi connectivity index (χ4n) is 3.04. The largest absolute Gasteiger partial charge is 0.531 e. The maximum Gasteiger partial charge on any atom is 0.531 e. The highest BCUT2D eigenvalue weighted by molar-refractivity contribution is 6.62. The molecule has 1 heterocycles. The third-order valence-corrected chi connectivity index (χ3v) is 7.79. The zero-order valence-corrected chi connectivity index (χ0v) is 20.7. The van der Waals surface area contributed by atoms with Crippen molar-refractivity contribution in [3.8, 4) is 0 Å². The van der Waals surface area contributed by atoms with Crippen LogP contribution in [-0.4, -0.2) is 52.9 Å². The topological polar surface area (TPSA) is 64.6 Å². The zero-order chi connectivity index (χ0) is 21.8. The Balaban J connectivity index is 2.94. The predicted octanol–water partition coefficient (Wildman–Crippen LogP) is 5.14. The lowest BCUT2D eigenvalue weighted by Gasteiger charge is -2.47. The molecule has 0 aromatic carbocycles. The molecule has 174 valence electrons. The number of hydrogen-bond donors (Lipinski definition) is 0. The van der Waals surface area contributed by atoms with Gasteiger partial charge in [0.2, 0.25) is 0 Å². The molecular weight excluding hydrogens is 392 g/mol. The van der Waals surface area contributed by atoms with Crippen LogP contribution in [0.15, 0.2) is 0 Å². The van der Waals surface area contributed by atoms with Crippen molar-refractivity contribution in [2.75, 3.05) is 19.8 Å². The first-order valence-electron chi connectivity index (χ1n) is 11.6. The summed E-state index contributed by atoms with van der Waals surface area (Å²) in [7, 11) is -3.05. The molecule has 0 aliphatic carbocycles. The van der Waals surface area contributed by atoms with E-state index in [0.29, 0.717) is 39.1 Å². The summed E-state index contributed by atoms with van der Waals surface area (Å²) in [5.41, 5.74) is -0.312. The van der Waals surface area contributed by atoms with E-state index in [2.05, 4.69) is 27.7 Å². The Bertz CT molecular complexity index is 396. The minimum atomic E-state index is -3.05. The van der Waals surface area contributed by atoms with Gasteiger partial charge in [-0.3, -0.25) is 14.2 Å². The lowest BCUT2D eigenvalue weighted by Crippen LogP contribution is -2.60. The number of rotatable bonds is 18. The SMILES string of the molecule is CCCO[Si](OCCC)(OCCC)C(CC)OC(CC)OC1(CC)OC(CC)O1. The molecule has 1 aliphatic heterocycles. The monoisotopic (exact) mass is 436 g/mol. The van der Waals surface area contributed by atoms with E-state index in [4.69, 9.17) is 32.2 Å². The average molecular weight is 437 g/mol. The van der Waals surface area contributed by atoms with E-state index in [1.807, 2.05) is 20.8 Å². The van der Waals surface area contributed by atoms with Crippen LogP contribution in [0.4, 0.5) is 0 Å². The molecule has 1 fully saturated rings. The third-order valence-electron chi connectivity index (χ3n) is 4.64. The van der Waals surface area contributed by atoms with E-state index in [-0.39, 0.29) is 12.0 Å². The van der Waals surface area contributed by atoms with Gasteiger partial charge in [0, 0.05) is 26.2 Å². The van der Waals surface area contributed by atoms with Gasteiger partial charge in [-0.05, 0) is 38.5 Å². The fourth-order valence-corrected chi connectivity index (χ4v) is 6.13. The molecule has 0 spiro atoms. The Morgan fingerprint density at radius 2 is 1.31 bits per heavy atom. The summed E-state index contributed by atoms with van der Waals surface area (Å²) in [5.74, 6) is -1.03. The van der Waals surface area contributed by atoms with Crippen molar-refractivity contribution < 1.29 is 32.2 Å². The molecule has 2 atom stereocenters. The zero-order valence-electron chi connectivity index (χ0n) is 19.7. The molecule has 0 bridgehead atoms. The fraction of sp³-hybridized carbons (Fsp3) is 1.00. The average Bonchev–Trinajstić information content (AvgIpc) is 2.72. The molecule has 1 rings (SSSR count). The minimum Gasteiger partial charge on any atom is -0.372 e. The highest BCUT2D eigenvalue weighted by atomic mass is 28.4. The normalized spacial score (nSPS) is 24.3. The van der Waals surface area contributed by atoms with Gasteiger partial charge in [0.1, 0.15) is 5.73 Å². The first-order valence-corrected chi connectivity index (χ1v) is 13.4. The molecule has 1 aliphatic rings. The molecule has 8 heteroatoms. The molecule has 0 aromatic heterocycles. The van der Waals surface area contributed by atoms with E-state index < -0.39 is 21.1 Å². The second-order valence-corrected chi connectivity index (χ2v) is 9.96. The van der Waals surface area contributed by atoms with E-state index in [9.17, 15) is 0 Å². The van der Waals surface area contributed by atoms with Crippen molar-refractivity contribution >= 4 is 8.80 Å². The molecule has 2 unspecified atom stereocenters. The van der Waals surface area contributed by atoms with E-state index >= 15 is 0 Å². The predicted molar refractivity (Wildman–Crippen MR) is 114 cm³/mol. The van der Waals surface area contributed by atoms with Gasteiger partial charge >= 0.3 is 8.80 Å². The van der Waals surface area contributed by atoms with Crippen molar-refractivity contribution in [1.82, 2.24) is 0 Å². The second kappa shape index (κ2) is 14.1. The third kappa shape index (κ3) is 7.85. The molecule has 0 N–H and O–H groups in total. The van der Waals surface area contributed by atoms with Crippen molar-refractivity contribution in [3.05, 3.63) is 0 Å². The molecule has 29 heavy (non-hydrogen) atoms.